The summed E-state index contributed by atoms with van der Waals surface area (Å²) >= 11 is 0. The average molecular weight is 304 g/mol. The molecule has 2 aromatic carbocycles. The minimum absolute atomic E-state index is 0.0224. The first-order valence-electron chi connectivity index (χ1n) is 5.75. The number of halogens is 5. The molecular formula is C14H9F5O2. The predicted molar refractivity (Wildman–Crippen MR) is 65.8 cm³/mol. The van der Waals surface area contributed by atoms with Crippen molar-refractivity contribution >= 4 is 16.6 Å². The maximum atomic E-state index is 13.3. The van der Waals surface area contributed by atoms with Crippen molar-refractivity contribution in [2.24, 2.45) is 0 Å². The van der Waals surface area contributed by atoms with Crippen molar-refractivity contribution in [1.29, 1.82) is 0 Å². The molecule has 0 atom stereocenters. The zero-order chi connectivity index (χ0) is 15.8. The van der Waals surface area contributed by atoms with Crippen LogP contribution in [0, 0.1) is 0 Å². The summed E-state index contributed by atoms with van der Waals surface area (Å²) in [5, 5.41) is 0.338. The van der Waals surface area contributed by atoms with Crippen molar-refractivity contribution in [1.82, 2.24) is 0 Å². The Hall–Kier alpha value is -2.18. The lowest BCUT2D eigenvalue weighted by Crippen LogP contribution is -2.44. The van der Waals surface area contributed by atoms with Crippen LogP contribution in [0.3, 0.4) is 0 Å². The van der Waals surface area contributed by atoms with Gasteiger partial charge in [0.05, 0.1) is 12.7 Å². The second-order valence-electron chi connectivity index (χ2n) is 4.27. The molecule has 0 aliphatic rings. The molecule has 0 aliphatic carbocycles. The predicted octanol–water partition coefficient (Wildman–Crippen LogP) is 4.23. The van der Waals surface area contributed by atoms with E-state index in [1.807, 2.05) is 0 Å². The van der Waals surface area contributed by atoms with Gasteiger partial charge in [0.15, 0.2) is 0 Å². The smallest absolute Gasteiger partial charge is 0.461 e. The van der Waals surface area contributed by atoms with Crippen LogP contribution in [0.4, 0.5) is 22.0 Å². The van der Waals surface area contributed by atoms with Crippen LogP contribution >= 0.6 is 0 Å². The molecule has 0 heterocycles. The van der Waals surface area contributed by atoms with Crippen molar-refractivity contribution < 1.29 is 31.5 Å². The molecule has 0 spiro atoms. The van der Waals surface area contributed by atoms with Crippen LogP contribution in [0.25, 0.3) is 10.8 Å². The lowest BCUT2D eigenvalue weighted by molar-refractivity contribution is -0.255. The Bertz CT molecular complexity index is 691. The fraction of sp³-hybridized carbons (Fsp3) is 0.214. The van der Waals surface area contributed by atoms with Gasteiger partial charge in [-0.15, -0.1) is 0 Å². The van der Waals surface area contributed by atoms with Crippen LogP contribution in [0.2, 0.25) is 0 Å². The molecule has 2 aromatic rings. The highest BCUT2D eigenvalue weighted by atomic mass is 19.4. The molecule has 0 radical (unpaired) electrons. The molecule has 0 N–H and O–H groups in total. The number of Topliss-reactive ketones (excluding diaryl/α,β-unsaturated/α-hetero) is 1. The number of ether oxygens (including phenoxy) is 1. The van der Waals surface area contributed by atoms with Gasteiger partial charge in [-0.05, 0) is 16.8 Å². The van der Waals surface area contributed by atoms with E-state index >= 15 is 0 Å². The summed E-state index contributed by atoms with van der Waals surface area (Å²) < 4.78 is 68.6. The van der Waals surface area contributed by atoms with Gasteiger partial charge >= 0.3 is 12.1 Å². The Kier molecular flexibility index (Phi) is 3.61. The third-order valence-electron chi connectivity index (χ3n) is 2.98. The Labute approximate surface area is 116 Å². The summed E-state index contributed by atoms with van der Waals surface area (Å²) in [5.41, 5.74) is -0.780. The second kappa shape index (κ2) is 4.98. The Morgan fingerprint density at radius 3 is 2.19 bits per heavy atom. The molecular weight excluding hydrogens is 295 g/mol. The molecule has 7 heteroatoms. The first kappa shape index (κ1) is 15.2. The highest BCUT2D eigenvalue weighted by Crippen LogP contribution is 2.41. The second-order valence-corrected chi connectivity index (χ2v) is 4.27. The van der Waals surface area contributed by atoms with Crippen LogP contribution in [-0.2, 0) is 0 Å². The highest BCUT2D eigenvalue weighted by molar-refractivity contribution is 6.13. The molecule has 21 heavy (non-hydrogen) atoms. The van der Waals surface area contributed by atoms with E-state index in [4.69, 9.17) is 4.74 Å². The van der Waals surface area contributed by atoms with Crippen LogP contribution in [0.5, 0.6) is 5.75 Å². The van der Waals surface area contributed by atoms with Gasteiger partial charge in [-0.1, -0.05) is 30.3 Å². The molecule has 0 unspecified atom stereocenters. The number of rotatable bonds is 3. The topological polar surface area (TPSA) is 26.3 Å². The third-order valence-corrected chi connectivity index (χ3v) is 2.98. The Balaban J connectivity index is 2.73. The number of hydrogen-bond donors (Lipinski definition) is 0. The summed E-state index contributed by atoms with van der Waals surface area (Å²) in [6.45, 7) is 0. The maximum Gasteiger partial charge on any atom is 0.461 e. The van der Waals surface area contributed by atoms with Crippen LogP contribution in [-0.4, -0.2) is 25.0 Å². The maximum absolute atomic E-state index is 13.3. The van der Waals surface area contributed by atoms with E-state index in [2.05, 4.69) is 0 Å². The van der Waals surface area contributed by atoms with Gasteiger partial charge in [-0.3, -0.25) is 4.79 Å². The molecule has 0 saturated heterocycles. The first-order valence-corrected chi connectivity index (χ1v) is 5.75. The normalized spacial score (nSPS) is 12.5. The minimum Gasteiger partial charge on any atom is -0.496 e. The van der Waals surface area contributed by atoms with Crippen LogP contribution < -0.4 is 4.74 Å². The quantitative estimate of drug-likeness (QED) is 0.626. The SMILES string of the molecule is COc1ccc2ccccc2c1C(=O)C(F)(F)C(F)(F)F. The molecule has 0 amide bonds. The zero-order valence-corrected chi connectivity index (χ0v) is 10.7. The van der Waals surface area contributed by atoms with Crippen molar-refractivity contribution in [2.45, 2.75) is 12.1 Å². The molecule has 0 bridgehead atoms. The largest absolute Gasteiger partial charge is 0.496 e. The van der Waals surface area contributed by atoms with Gasteiger partial charge in [0.25, 0.3) is 0 Å². The standard InChI is InChI=1S/C14H9F5O2/c1-21-10-7-6-8-4-2-3-5-9(8)11(10)12(20)13(15,16)14(17,18)19/h2-7H,1H3. The molecule has 112 valence electrons. The van der Waals surface area contributed by atoms with Gasteiger partial charge in [0.1, 0.15) is 5.75 Å². The fourth-order valence-corrected chi connectivity index (χ4v) is 1.94. The van der Waals surface area contributed by atoms with Crippen molar-refractivity contribution in [3.05, 3.63) is 42.0 Å². The number of fused-ring (bicyclic) bond motifs is 1. The minimum atomic E-state index is -5.97. The number of alkyl halides is 5. The first-order chi connectivity index (χ1) is 9.70. The number of methoxy groups -OCH3 is 1. The van der Waals surface area contributed by atoms with Crippen LogP contribution in [0.15, 0.2) is 36.4 Å². The number of benzene rings is 2. The van der Waals surface area contributed by atoms with Crippen molar-refractivity contribution in [3.63, 3.8) is 0 Å². The highest BCUT2D eigenvalue weighted by Gasteiger charge is 2.63. The van der Waals surface area contributed by atoms with Gasteiger partial charge in [-0.25, -0.2) is 0 Å². The van der Waals surface area contributed by atoms with Gasteiger partial charge in [0.2, 0.25) is 5.78 Å². The van der Waals surface area contributed by atoms with Crippen molar-refractivity contribution in [2.75, 3.05) is 7.11 Å². The lowest BCUT2D eigenvalue weighted by atomic mass is 9.97. The molecule has 0 fully saturated rings. The number of carbonyl (C=O) groups is 1. The Morgan fingerprint density at radius 2 is 1.62 bits per heavy atom. The van der Waals surface area contributed by atoms with Crippen LogP contribution in [0.1, 0.15) is 10.4 Å². The molecule has 2 rings (SSSR count). The van der Waals surface area contributed by atoms with Gasteiger partial charge < -0.3 is 4.74 Å². The Morgan fingerprint density at radius 1 is 1.00 bits per heavy atom. The van der Waals surface area contributed by atoms with E-state index in [9.17, 15) is 26.7 Å². The number of ketones is 1. The van der Waals surface area contributed by atoms with E-state index in [0.29, 0.717) is 5.39 Å². The monoisotopic (exact) mass is 304 g/mol. The average Bonchev–Trinajstić information content (AvgIpc) is 2.44. The number of carbonyl (C=O) groups excluding carboxylic acids is 1. The third kappa shape index (κ3) is 2.43. The van der Waals surface area contributed by atoms with Gasteiger partial charge in [-0.2, -0.15) is 22.0 Å². The van der Waals surface area contributed by atoms with Crippen molar-refractivity contribution in [3.8, 4) is 5.75 Å². The van der Waals surface area contributed by atoms with E-state index in [1.54, 1.807) is 6.07 Å². The molecule has 0 aliphatic heterocycles. The lowest BCUT2D eigenvalue weighted by Gasteiger charge is -2.20. The molecule has 2 nitrogen and oxygen atoms in total. The summed E-state index contributed by atoms with van der Waals surface area (Å²) in [6.07, 6.45) is -5.97. The van der Waals surface area contributed by atoms with E-state index in [1.165, 1.54) is 30.3 Å². The zero-order valence-electron chi connectivity index (χ0n) is 10.7. The summed E-state index contributed by atoms with van der Waals surface area (Å²) in [5.74, 6) is -8.14. The van der Waals surface area contributed by atoms with E-state index < -0.39 is 23.4 Å². The fourth-order valence-electron chi connectivity index (χ4n) is 1.94. The molecule has 0 aromatic heterocycles. The van der Waals surface area contributed by atoms with Gasteiger partial charge in [0, 0.05) is 0 Å². The molecule has 0 saturated carbocycles. The van der Waals surface area contributed by atoms with E-state index in [0.717, 1.165) is 7.11 Å². The van der Waals surface area contributed by atoms with E-state index in [-0.39, 0.29) is 11.1 Å². The summed E-state index contributed by atoms with van der Waals surface area (Å²) in [4.78, 5) is 11.8. The number of hydrogen-bond acceptors (Lipinski definition) is 2. The summed E-state index contributed by atoms with van der Waals surface area (Å²) in [6, 6.07) is 8.45. The summed E-state index contributed by atoms with van der Waals surface area (Å²) in [7, 11) is 1.09.